The van der Waals surface area contributed by atoms with Gasteiger partial charge in [-0.3, -0.25) is 0 Å². The van der Waals surface area contributed by atoms with Crippen molar-refractivity contribution in [3.05, 3.63) is 0 Å². The minimum absolute atomic E-state index is 0.191. The quantitative estimate of drug-likeness (QED) is 0.768. The van der Waals surface area contributed by atoms with Gasteiger partial charge in [-0.25, -0.2) is 0 Å². The summed E-state index contributed by atoms with van der Waals surface area (Å²) in [7, 11) is 2.97. The molecule has 1 aromatic heterocycles. The van der Waals surface area contributed by atoms with Crippen LogP contribution in [0, 0.1) is 5.92 Å². The van der Waals surface area contributed by atoms with Gasteiger partial charge in [-0.1, -0.05) is 0 Å². The van der Waals surface area contributed by atoms with Crippen LogP contribution in [-0.2, 0) is 0 Å². The van der Waals surface area contributed by atoms with Crippen LogP contribution in [0.5, 0.6) is 18.0 Å². The predicted octanol–water partition coefficient (Wildman–Crippen LogP) is -0.123. The molecule has 2 heterocycles. The van der Waals surface area contributed by atoms with Crippen molar-refractivity contribution >= 4 is 0 Å². The highest BCUT2D eigenvalue weighted by Gasteiger charge is 2.16. The van der Waals surface area contributed by atoms with Crippen LogP contribution < -0.4 is 19.5 Å². The van der Waals surface area contributed by atoms with E-state index in [0.29, 0.717) is 12.5 Å². The molecule has 1 saturated heterocycles. The van der Waals surface area contributed by atoms with Crippen molar-refractivity contribution in [2.75, 3.05) is 33.9 Å². The number of aromatic nitrogens is 3. The molecule has 0 spiro atoms. The molecule has 2 rings (SSSR count). The number of hydrogen-bond acceptors (Lipinski definition) is 7. The Hall–Kier alpha value is -1.63. The summed E-state index contributed by atoms with van der Waals surface area (Å²) in [5, 5.41) is 3.27. The molecule has 94 valence electrons. The summed E-state index contributed by atoms with van der Waals surface area (Å²) in [6, 6.07) is 0.619. The fraction of sp³-hybridized carbons (Fsp3) is 0.700. The monoisotopic (exact) mass is 240 g/mol. The molecule has 1 aliphatic rings. The normalized spacial score (nSPS) is 19.1. The molecule has 0 saturated carbocycles. The second-order valence-electron chi connectivity index (χ2n) is 3.76. The van der Waals surface area contributed by atoms with Crippen molar-refractivity contribution in [2.45, 2.75) is 6.42 Å². The lowest BCUT2D eigenvalue weighted by Gasteiger charge is -2.10. The van der Waals surface area contributed by atoms with Crippen molar-refractivity contribution in [3.8, 4) is 18.0 Å². The maximum absolute atomic E-state index is 5.51. The lowest BCUT2D eigenvalue weighted by atomic mass is 10.1. The Labute approximate surface area is 99.5 Å². The number of nitrogens with zero attached hydrogens (tertiary/aromatic N) is 3. The van der Waals surface area contributed by atoms with Gasteiger partial charge in [0.2, 0.25) is 0 Å². The highest BCUT2D eigenvalue weighted by Crippen LogP contribution is 2.15. The molecule has 0 amide bonds. The van der Waals surface area contributed by atoms with Gasteiger partial charge in [-0.15, -0.1) is 15.0 Å². The largest absolute Gasteiger partial charge is 0.467 e. The zero-order valence-electron chi connectivity index (χ0n) is 9.97. The van der Waals surface area contributed by atoms with Crippen LogP contribution in [0.25, 0.3) is 0 Å². The number of hydrogen-bond donors (Lipinski definition) is 1. The third kappa shape index (κ3) is 3.16. The van der Waals surface area contributed by atoms with Crippen molar-refractivity contribution < 1.29 is 14.2 Å². The van der Waals surface area contributed by atoms with Gasteiger partial charge in [0.1, 0.15) is 0 Å². The molecule has 1 fully saturated rings. The summed E-state index contributed by atoms with van der Waals surface area (Å²) >= 11 is 0. The molecule has 1 aliphatic heterocycles. The first-order chi connectivity index (χ1) is 8.31. The molecule has 0 radical (unpaired) electrons. The molecular weight excluding hydrogens is 224 g/mol. The van der Waals surface area contributed by atoms with Crippen LogP contribution >= 0.6 is 0 Å². The Morgan fingerprint density at radius 2 is 1.76 bits per heavy atom. The topological polar surface area (TPSA) is 78.4 Å². The van der Waals surface area contributed by atoms with Crippen LogP contribution in [0.1, 0.15) is 6.42 Å². The summed E-state index contributed by atoms with van der Waals surface area (Å²) in [6.45, 7) is 2.60. The first-order valence-corrected chi connectivity index (χ1v) is 5.49. The first-order valence-electron chi connectivity index (χ1n) is 5.49. The van der Waals surface area contributed by atoms with Gasteiger partial charge >= 0.3 is 18.0 Å². The molecule has 0 aromatic carbocycles. The Morgan fingerprint density at radius 3 is 2.29 bits per heavy atom. The van der Waals surface area contributed by atoms with E-state index in [1.807, 2.05) is 0 Å². The smallest absolute Gasteiger partial charge is 0.325 e. The number of nitrogens with one attached hydrogen (secondary N) is 1. The van der Waals surface area contributed by atoms with E-state index in [-0.39, 0.29) is 18.0 Å². The van der Waals surface area contributed by atoms with E-state index in [4.69, 9.17) is 14.2 Å². The van der Waals surface area contributed by atoms with Gasteiger partial charge < -0.3 is 19.5 Å². The van der Waals surface area contributed by atoms with E-state index in [0.717, 1.165) is 19.5 Å². The van der Waals surface area contributed by atoms with Crippen LogP contribution in [0.3, 0.4) is 0 Å². The van der Waals surface area contributed by atoms with Gasteiger partial charge in [0.15, 0.2) is 0 Å². The number of methoxy groups -OCH3 is 2. The lowest BCUT2D eigenvalue weighted by Crippen LogP contribution is -2.16. The minimum Gasteiger partial charge on any atom is -0.467 e. The third-order valence-corrected chi connectivity index (χ3v) is 2.55. The minimum atomic E-state index is 0.191. The number of rotatable bonds is 5. The highest BCUT2D eigenvalue weighted by molar-refractivity contribution is 5.08. The number of ether oxygens (including phenoxy) is 3. The Balaban J connectivity index is 1.98. The summed E-state index contributed by atoms with van der Waals surface area (Å²) in [5.74, 6) is 0.503. The lowest BCUT2D eigenvalue weighted by molar-refractivity contribution is 0.228. The first kappa shape index (κ1) is 11.8. The average molecular weight is 240 g/mol. The van der Waals surface area contributed by atoms with Crippen molar-refractivity contribution in [3.63, 3.8) is 0 Å². The molecule has 1 N–H and O–H groups in total. The summed E-state index contributed by atoms with van der Waals surface area (Å²) in [5.41, 5.74) is 0. The fourth-order valence-electron chi connectivity index (χ4n) is 1.62. The highest BCUT2D eigenvalue weighted by atomic mass is 16.5. The van der Waals surface area contributed by atoms with Gasteiger partial charge in [0, 0.05) is 12.5 Å². The summed E-state index contributed by atoms with van der Waals surface area (Å²) < 4.78 is 15.4. The maximum Gasteiger partial charge on any atom is 0.325 e. The Morgan fingerprint density at radius 1 is 1.12 bits per heavy atom. The predicted molar refractivity (Wildman–Crippen MR) is 59.4 cm³/mol. The van der Waals surface area contributed by atoms with Crippen LogP contribution in [0.2, 0.25) is 0 Å². The zero-order chi connectivity index (χ0) is 12.1. The van der Waals surface area contributed by atoms with Gasteiger partial charge in [-0.2, -0.15) is 0 Å². The molecule has 7 heteroatoms. The van der Waals surface area contributed by atoms with E-state index in [9.17, 15) is 0 Å². The molecule has 7 nitrogen and oxygen atoms in total. The second kappa shape index (κ2) is 5.62. The molecule has 17 heavy (non-hydrogen) atoms. The zero-order valence-corrected chi connectivity index (χ0v) is 9.97. The third-order valence-electron chi connectivity index (χ3n) is 2.55. The molecule has 0 aliphatic carbocycles. The fourth-order valence-corrected chi connectivity index (χ4v) is 1.62. The Bertz CT molecular complexity index is 346. The molecule has 0 bridgehead atoms. The van der Waals surface area contributed by atoms with E-state index in [2.05, 4.69) is 20.3 Å². The molecule has 1 aromatic rings. The van der Waals surface area contributed by atoms with Gasteiger partial charge in [0.05, 0.1) is 20.8 Å². The van der Waals surface area contributed by atoms with Crippen LogP contribution in [-0.4, -0.2) is 48.9 Å². The van der Waals surface area contributed by atoms with E-state index in [1.54, 1.807) is 0 Å². The van der Waals surface area contributed by atoms with Crippen LogP contribution in [0.4, 0.5) is 0 Å². The second-order valence-corrected chi connectivity index (χ2v) is 3.76. The molecular formula is C10H16N4O3. The van der Waals surface area contributed by atoms with Crippen molar-refractivity contribution in [1.82, 2.24) is 20.3 Å². The Kier molecular flexibility index (Phi) is 3.92. The van der Waals surface area contributed by atoms with Crippen molar-refractivity contribution in [2.24, 2.45) is 5.92 Å². The molecule has 1 atom stereocenters. The average Bonchev–Trinajstić information content (AvgIpc) is 2.89. The molecule has 1 unspecified atom stereocenters. The van der Waals surface area contributed by atoms with E-state index in [1.165, 1.54) is 14.2 Å². The van der Waals surface area contributed by atoms with Crippen LogP contribution in [0.15, 0.2) is 0 Å². The summed E-state index contributed by atoms with van der Waals surface area (Å²) in [4.78, 5) is 11.9. The maximum atomic E-state index is 5.51. The van der Waals surface area contributed by atoms with E-state index < -0.39 is 0 Å². The summed E-state index contributed by atoms with van der Waals surface area (Å²) in [6.07, 6.45) is 1.11. The van der Waals surface area contributed by atoms with Gasteiger partial charge in [0.25, 0.3) is 0 Å². The standard InChI is InChI=1S/C10H16N4O3/c1-15-8-12-9(16-2)14-10(13-8)17-6-7-3-4-11-5-7/h7,11H,3-6H2,1-2H3. The van der Waals surface area contributed by atoms with Gasteiger partial charge in [-0.05, 0) is 13.0 Å². The van der Waals surface area contributed by atoms with Crippen molar-refractivity contribution in [1.29, 1.82) is 0 Å². The van der Waals surface area contributed by atoms with E-state index >= 15 is 0 Å². The SMILES string of the molecule is COc1nc(OC)nc(OCC2CCNC2)n1.